The van der Waals surface area contributed by atoms with Gasteiger partial charge in [-0.2, -0.15) is 26.3 Å². The Labute approximate surface area is 92.6 Å². The van der Waals surface area contributed by atoms with Crippen molar-refractivity contribution in [2.75, 3.05) is 0 Å². The summed E-state index contributed by atoms with van der Waals surface area (Å²) >= 11 is 0. The van der Waals surface area contributed by atoms with Crippen molar-refractivity contribution in [3.63, 3.8) is 0 Å². The van der Waals surface area contributed by atoms with Crippen molar-refractivity contribution < 1.29 is 36.2 Å². The lowest BCUT2D eigenvalue weighted by atomic mass is 9.94. The molecule has 0 amide bonds. The van der Waals surface area contributed by atoms with Crippen LogP contribution in [-0.4, -0.2) is 29.5 Å². The third-order valence-corrected chi connectivity index (χ3v) is 1.96. The number of nitrogens with two attached hydrogens (primary N) is 1. The van der Waals surface area contributed by atoms with Crippen LogP contribution in [0.15, 0.2) is 0 Å². The molecule has 0 rings (SSSR count). The number of carboxylic acid groups (broad SMARTS) is 1. The molecule has 0 aliphatic carbocycles. The number of carboxylic acids is 1. The van der Waals surface area contributed by atoms with E-state index in [4.69, 9.17) is 10.8 Å². The summed E-state index contributed by atoms with van der Waals surface area (Å²) in [6, 6.07) is -1.76. The topological polar surface area (TPSA) is 63.3 Å². The molecule has 0 spiro atoms. The zero-order chi connectivity index (χ0) is 13.9. The summed E-state index contributed by atoms with van der Waals surface area (Å²) in [5.41, 5.74) is 4.92. The van der Waals surface area contributed by atoms with Gasteiger partial charge in [0.15, 0.2) is 0 Å². The van der Waals surface area contributed by atoms with E-state index in [0.717, 1.165) is 0 Å². The number of hydrogen-bond acceptors (Lipinski definition) is 2. The lowest BCUT2D eigenvalue weighted by molar-refractivity contribution is -0.188. The minimum Gasteiger partial charge on any atom is -0.481 e. The molecule has 3 nitrogen and oxygen atoms in total. The molecule has 0 aromatic carbocycles. The standard InChI is InChI=1S/C8H11F6NO2/c9-7(10,11)3-5(15)1-4(2-6(16)17)8(12,13)14/h4-5H,1-3,15H2,(H,16,17)/t4-,5+/m1/s1. The summed E-state index contributed by atoms with van der Waals surface area (Å²) in [4.78, 5) is 10.2. The van der Waals surface area contributed by atoms with Gasteiger partial charge in [0, 0.05) is 6.04 Å². The average molecular weight is 267 g/mol. The number of alkyl halides is 6. The van der Waals surface area contributed by atoms with Gasteiger partial charge in [0.1, 0.15) is 0 Å². The molecule has 102 valence electrons. The first-order valence-electron chi connectivity index (χ1n) is 4.52. The van der Waals surface area contributed by atoms with Crippen LogP contribution in [0.25, 0.3) is 0 Å². The number of hydrogen-bond donors (Lipinski definition) is 2. The Morgan fingerprint density at radius 1 is 1.18 bits per heavy atom. The van der Waals surface area contributed by atoms with Crippen LogP contribution in [0.5, 0.6) is 0 Å². The van der Waals surface area contributed by atoms with E-state index in [1.165, 1.54) is 0 Å². The molecule has 0 aromatic heterocycles. The third kappa shape index (κ3) is 7.83. The summed E-state index contributed by atoms with van der Waals surface area (Å²) in [5.74, 6) is -4.09. The van der Waals surface area contributed by atoms with Crippen LogP contribution >= 0.6 is 0 Å². The van der Waals surface area contributed by atoms with E-state index in [1.54, 1.807) is 0 Å². The zero-order valence-corrected chi connectivity index (χ0v) is 8.48. The van der Waals surface area contributed by atoms with E-state index < -0.39 is 49.5 Å². The van der Waals surface area contributed by atoms with Crippen LogP contribution in [0, 0.1) is 5.92 Å². The molecule has 2 atom stereocenters. The van der Waals surface area contributed by atoms with E-state index in [2.05, 4.69) is 0 Å². The third-order valence-electron chi connectivity index (χ3n) is 1.96. The Hall–Kier alpha value is -0.990. The fraction of sp³-hybridized carbons (Fsp3) is 0.875. The highest BCUT2D eigenvalue weighted by Gasteiger charge is 2.43. The van der Waals surface area contributed by atoms with Gasteiger partial charge in [-0.3, -0.25) is 4.79 Å². The van der Waals surface area contributed by atoms with Crippen LogP contribution in [0.3, 0.4) is 0 Å². The monoisotopic (exact) mass is 267 g/mol. The number of rotatable bonds is 5. The van der Waals surface area contributed by atoms with Gasteiger partial charge in [0.25, 0.3) is 0 Å². The molecule has 0 aromatic rings. The van der Waals surface area contributed by atoms with Crippen molar-refractivity contribution in [1.82, 2.24) is 0 Å². The first-order chi connectivity index (χ1) is 7.42. The van der Waals surface area contributed by atoms with Gasteiger partial charge in [-0.05, 0) is 6.42 Å². The second-order valence-electron chi connectivity index (χ2n) is 3.65. The Morgan fingerprint density at radius 2 is 1.65 bits per heavy atom. The van der Waals surface area contributed by atoms with Crippen LogP contribution in [0.2, 0.25) is 0 Å². The molecule has 17 heavy (non-hydrogen) atoms. The molecule has 0 saturated carbocycles. The van der Waals surface area contributed by atoms with Crippen molar-refractivity contribution in [1.29, 1.82) is 0 Å². The van der Waals surface area contributed by atoms with Gasteiger partial charge in [-0.15, -0.1) is 0 Å². The Bertz CT molecular complexity index is 262. The van der Waals surface area contributed by atoms with Crippen molar-refractivity contribution in [2.24, 2.45) is 11.7 Å². The predicted molar refractivity (Wildman–Crippen MR) is 45.1 cm³/mol. The fourth-order valence-electron chi connectivity index (χ4n) is 1.29. The second kappa shape index (κ2) is 5.56. The second-order valence-corrected chi connectivity index (χ2v) is 3.65. The summed E-state index contributed by atoms with van der Waals surface area (Å²) in [5, 5.41) is 8.23. The molecule has 0 unspecified atom stereocenters. The van der Waals surface area contributed by atoms with Gasteiger partial charge in [-0.1, -0.05) is 0 Å². The van der Waals surface area contributed by atoms with Gasteiger partial charge in [-0.25, -0.2) is 0 Å². The Balaban J connectivity index is 4.49. The van der Waals surface area contributed by atoms with E-state index in [9.17, 15) is 31.1 Å². The molecule has 9 heteroatoms. The average Bonchev–Trinajstić information content (AvgIpc) is 1.95. The summed E-state index contributed by atoms with van der Waals surface area (Å²) in [7, 11) is 0. The van der Waals surface area contributed by atoms with Crippen LogP contribution < -0.4 is 5.73 Å². The molecule has 3 N–H and O–H groups in total. The minimum atomic E-state index is -4.87. The number of carbonyl (C=O) groups is 1. The highest BCUT2D eigenvalue weighted by molar-refractivity contribution is 5.67. The molecule has 0 saturated heterocycles. The quantitative estimate of drug-likeness (QED) is 0.751. The van der Waals surface area contributed by atoms with Crippen molar-refractivity contribution >= 4 is 5.97 Å². The number of aliphatic carboxylic acids is 1. The lowest BCUT2D eigenvalue weighted by Crippen LogP contribution is -2.35. The fourth-order valence-corrected chi connectivity index (χ4v) is 1.29. The van der Waals surface area contributed by atoms with Crippen molar-refractivity contribution in [3.8, 4) is 0 Å². The number of halogens is 6. The summed E-state index contributed by atoms with van der Waals surface area (Å²) in [6.07, 6.45) is -13.5. The minimum absolute atomic E-state index is 1.06. The maximum Gasteiger partial charge on any atom is 0.392 e. The molecule has 0 fully saturated rings. The molecular formula is C8H11F6NO2. The summed E-state index contributed by atoms with van der Waals surface area (Å²) in [6.45, 7) is 0. The highest BCUT2D eigenvalue weighted by Crippen LogP contribution is 2.34. The van der Waals surface area contributed by atoms with Crippen LogP contribution in [0.1, 0.15) is 19.3 Å². The predicted octanol–water partition coefficient (Wildman–Crippen LogP) is 2.31. The SMILES string of the molecule is N[C@@H](C[C@H](CC(=O)O)C(F)(F)F)CC(F)(F)F. The van der Waals surface area contributed by atoms with Crippen LogP contribution in [0.4, 0.5) is 26.3 Å². The zero-order valence-electron chi connectivity index (χ0n) is 8.48. The first kappa shape index (κ1) is 16.0. The summed E-state index contributed by atoms with van der Waals surface area (Å²) < 4.78 is 72.3. The Morgan fingerprint density at radius 3 is 1.94 bits per heavy atom. The van der Waals surface area contributed by atoms with Crippen LogP contribution in [-0.2, 0) is 4.79 Å². The lowest BCUT2D eigenvalue weighted by Gasteiger charge is -2.22. The van der Waals surface area contributed by atoms with E-state index in [0.29, 0.717) is 0 Å². The van der Waals surface area contributed by atoms with E-state index >= 15 is 0 Å². The molecule has 0 bridgehead atoms. The molecular weight excluding hydrogens is 256 g/mol. The van der Waals surface area contributed by atoms with E-state index in [1.807, 2.05) is 0 Å². The van der Waals surface area contributed by atoms with Gasteiger partial charge in [0.2, 0.25) is 0 Å². The smallest absolute Gasteiger partial charge is 0.392 e. The first-order valence-corrected chi connectivity index (χ1v) is 4.52. The highest BCUT2D eigenvalue weighted by atomic mass is 19.4. The van der Waals surface area contributed by atoms with Gasteiger partial charge in [0.05, 0.1) is 18.8 Å². The molecule has 0 aliphatic rings. The molecule has 0 heterocycles. The molecule has 0 aliphatic heterocycles. The van der Waals surface area contributed by atoms with Crippen molar-refractivity contribution in [2.45, 2.75) is 37.7 Å². The largest absolute Gasteiger partial charge is 0.481 e. The molecule has 0 radical (unpaired) electrons. The van der Waals surface area contributed by atoms with Gasteiger partial charge < -0.3 is 10.8 Å². The maximum atomic E-state index is 12.3. The van der Waals surface area contributed by atoms with Gasteiger partial charge >= 0.3 is 18.3 Å². The van der Waals surface area contributed by atoms with Crippen molar-refractivity contribution in [3.05, 3.63) is 0 Å². The maximum absolute atomic E-state index is 12.3. The Kier molecular flexibility index (Phi) is 5.24. The normalized spacial score (nSPS) is 16.6. The van der Waals surface area contributed by atoms with E-state index in [-0.39, 0.29) is 0 Å².